The van der Waals surface area contributed by atoms with E-state index in [1.54, 1.807) is 0 Å². The first kappa shape index (κ1) is 11.5. The Bertz CT molecular complexity index is 147. The monoisotopic (exact) mass is 180 g/mol. The standard InChI is InChI=1S/C6H12O6/c7-1-3(9)5(11)6(12)4(10)2-8/h3-5,7-11H,1-2H2/t3-,4+,5-/m1/s1. The Labute approximate surface area is 68.7 Å². The second-order valence-electron chi connectivity index (χ2n) is 2.30. The molecule has 0 saturated heterocycles. The predicted octanol–water partition coefficient (Wildman–Crippen LogP) is -3.38. The van der Waals surface area contributed by atoms with E-state index in [4.69, 9.17) is 25.5 Å². The van der Waals surface area contributed by atoms with Gasteiger partial charge in [0.25, 0.3) is 0 Å². The number of aliphatic hydroxyl groups is 5. The summed E-state index contributed by atoms with van der Waals surface area (Å²) in [6.45, 7) is -1.61. The summed E-state index contributed by atoms with van der Waals surface area (Å²) in [4.78, 5) is 10.7. The minimum absolute atomic E-state index is 0.787. The van der Waals surface area contributed by atoms with Gasteiger partial charge in [-0.2, -0.15) is 0 Å². The number of hydrogen-bond donors (Lipinski definition) is 5. The van der Waals surface area contributed by atoms with E-state index < -0.39 is 37.3 Å². The Morgan fingerprint density at radius 1 is 1.08 bits per heavy atom. The lowest BCUT2D eigenvalue weighted by molar-refractivity contribution is -0.144. The van der Waals surface area contributed by atoms with Crippen molar-refractivity contribution in [1.82, 2.24) is 0 Å². The van der Waals surface area contributed by atoms with Crippen molar-refractivity contribution in [2.75, 3.05) is 13.2 Å². The van der Waals surface area contributed by atoms with Crippen molar-refractivity contribution in [2.45, 2.75) is 18.3 Å². The molecule has 0 radical (unpaired) electrons. The molecule has 0 aliphatic carbocycles. The number of rotatable bonds is 5. The van der Waals surface area contributed by atoms with Crippen LogP contribution in [0.4, 0.5) is 0 Å². The van der Waals surface area contributed by atoms with Gasteiger partial charge in [0.15, 0.2) is 5.78 Å². The summed E-state index contributed by atoms with van der Waals surface area (Å²) in [5, 5.41) is 42.9. The molecule has 6 nitrogen and oxygen atoms in total. The van der Waals surface area contributed by atoms with Gasteiger partial charge in [0.1, 0.15) is 18.3 Å². The molecule has 12 heavy (non-hydrogen) atoms. The largest absolute Gasteiger partial charge is 0.394 e. The highest BCUT2D eigenvalue weighted by molar-refractivity contribution is 5.87. The molecule has 5 N–H and O–H groups in total. The molecule has 3 atom stereocenters. The Kier molecular flexibility index (Phi) is 4.95. The molecule has 0 aromatic carbocycles. The van der Waals surface area contributed by atoms with Gasteiger partial charge in [-0.1, -0.05) is 0 Å². The van der Waals surface area contributed by atoms with Crippen LogP contribution in [0.15, 0.2) is 0 Å². The van der Waals surface area contributed by atoms with E-state index in [1.165, 1.54) is 0 Å². The van der Waals surface area contributed by atoms with Crippen molar-refractivity contribution in [3.05, 3.63) is 0 Å². The van der Waals surface area contributed by atoms with E-state index in [9.17, 15) is 4.79 Å². The molecule has 0 fully saturated rings. The summed E-state index contributed by atoms with van der Waals surface area (Å²) in [5.74, 6) is -1.11. The molecular weight excluding hydrogens is 168 g/mol. The summed E-state index contributed by atoms with van der Waals surface area (Å²) in [6.07, 6.45) is -5.21. The minimum atomic E-state index is -1.86. The molecule has 0 bridgehead atoms. The van der Waals surface area contributed by atoms with Gasteiger partial charge >= 0.3 is 0 Å². The van der Waals surface area contributed by atoms with Crippen LogP contribution in [-0.2, 0) is 4.79 Å². The van der Waals surface area contributed by atoms with Crippen LogP contribution in [0.5, 0.6) is 0 Å². The molecule has 0 aliphatic rings. The maximum atomic E-state index is 10.7. The van der Waals surface area contributed by atoms with Crippen molar-refractivity contribution in [1.29, 1.82) is 0 Å². The molecule has 0 saturated carbocycles. The van der Waals surface area contributed by atoms with Crippen molar-refractivity contribution < 1.29 is 30.3 Å². The molecular formula is C6H12O6. The molecule has 0 aliphatic heterocycles. The van der Waals surface area contributed by atoms with Gasteiger partial charge in [-0.15, -0.1) is 0 Å². The summed E-state index contributed by atoms with van der Waals surface area (Å²) in [7, 11) is 0. The van der Waals surface area contributed by atoms with Gasteiger partial charge in [0, 0.05) is 0 Å². The summed E-state index contributed by atoms with van der Waals surface area (Å²) in [6, 6.07) is 0. The van der Waals surface area contributed by atoms with Crippen LogP contribution in [0.3, 0.4) is 0 Å². The van der Waals surface area contributed by atoms with Crippen LogP contribution in [0.2, 0.25) is 0 Å². The van der Waals surface area contributed by atoms with Gasteiger partial charge in [-0.25, -0.2) is 0 Å². The highest BCUT2D eigenvalue weighted by Crippen LogP contribution is 1.98. The third-order valence-corrected chi connectivity index (χ3v) is 1.34. The Morgan fingerprint density at radius 2 is 1.58 bits per heavy atom. The molecule has 0 aromatic heterocycles. The molecule has 0 aromatic rings. The summed E-state index contributed by atoms with van der Waals surface area (Å²) in [5.41, 5.74) is 0. The number of Topliss-reactive ketones (excluding diaryl/α,β-unsaturated/α-hetero) is 1. The zero-order chi connectivity index (χ0) is 9.72. The van der Waals surface area contributed by atoms with E-state index >= 15 is 0 Å². The first-order valence-corrected chi connectivity index (χ1v) is 3.34. The normalized spacial score (nSPS) is 18.4. The van der Waals surface area contributed by atoms with Crippen LogP contribution >= 0.6 is 0 Å². The fourth-order valence-electron chi connectivity index (χ4n) is 0.577. The first-order chi connectivity index (χ1) is 5.54. The number of carbonyl (C=O) groups excluding carboxylic acids is 1. The second-order valence-corrected chi connectivity index (χ2v) is 2.30. The average Bonchev–Trinajstić information content (AvgIpc) is 2.12. The minimum Gasteiger partial charge on any atom is -0.394 e. The van der Waals surface area contributed by atoms with E-state index in [2.05, 4.69) is 0 Å². The van der Waals surface area contributed by atoms with E-state index in [0.29, 0.717) is 0 Å². The lowest BCUT2D eigenvalue weighted by Gasteiger charge is -2.16. The lowest BCUT2D eigenvalue weighted by Crippen LogP contribution is -2.43. The smallest absolute Gasteiger partial charge is 0.194 e. The summed E-state index contributed by atoms with van der Waals surface area (Å²) >= 11 is 0. The highest BCUT2D eigenvalue weighted by Gasteiger charge is 2.28. The molecule has 6 heteroatoms. The zero-order valence-corrected chi connectivity index (χ0v) is 6.29. The maximum absolute atomic E-state index is 10.7. The average molecular weight is 180 g/mol. The van der Waals surface area contributed by atoms with Gasteiger partial charge < -0.3 is 25.5 Å². The van der Waals surface area contributed by atoms with Gasteiger partial charge in [-0.3, -0.25) is 4.79 Å². The van der Waals surface area contributed by atoms with Gasteiger partial charge in [-0.05, 0) is 0 Å². The topological polar surface area (TPSA) is 118 Å². The van der Waals surface area contributed by atoms with Crippen LogP contribution < -0.4 is 0 Å². The Balaban J connectivity index is 4.09. The number of ketones is 1. The van der Waals surface area contributed by atoms with Crippen molar-refractivity contribution >= 4 is 5.78 Å². The third-order valence-electron chi connectivity index (χ3n) is 1.34. The SMILES string of the molecule is O=C([C@@H](O)CO)[C@H](O)[C@H](O)CO. The van der Waals surface area contributed by atoms with Gasteiger partial charge in [0.2, 0.25) is 0 Å². The first-order valence-electron chi connectivity index (χ1n) is 3.34. The van der Waals surface area contributed by atoms with E-state index in [1.807, 2.05) is 0 Å². The highest BCUT2D eigenvalue weighted by atomic mass is 16.4. The molecule has 0 unspecified atom stereocenters. The molecule has 72 valence electrons. The Hall–Kier alpha value is -0.530. The van der Waals surface area contributed by atoms with Gasteiger partial charge in [0.05, 0.1) is 13.2 Å². The van der Waals surface area contributed by atoms with Crippen molar-refractivity contribution in [2.24, 2.45) is 0 Å². The molecule has 0 spiro atoms. The third kappa shape index (κ3) is 2.84. The van der Waals surface area contributed by atoms with Crippen LogP contribution in [0.25, 0.3) is 0 Å². The number of hydrogen-bond acceptors (Lipinski definition) is 6. The van der Waals surface area contributed by atoms with E-state index in [0.717, 1.165) is 0 Å². The second kappa shape index (κ2) is 5.18. The van der Waals surface area contributed by atoms with Crippen molar-refractivity contribution in [3.8, 4) is 0 Å². The van der Waals surface area contributed by atoms with Crippen LogP contribution in [-0.4, -0.2) is 62.8 Å². The molecule has 0 heterocycles. The quantitative estimate of drug-likeness (QED) is 0.301. The van der Waals surface area contributed by atoms with Crippen LogP contribution in [0, 0.1) is 0 Å². The Morgan fingerprint density at radius 3 is 1.92 bits per heavy atom. The lowest BCUT2D eigenvalue weighted by atomic mass is 10.1. The number of carbonyl (C=O) groups is 1. The fraction of sp³-hybridized carbons (Fsp3) is 0.833. The summed E-state index contributed by atoms with van der Waals surface area (Å²) < 4.78 is 0. The maximum Gasteiger partial charge on any atom is 0.194 e. The van der Waals surface area contributed by atoms with Crippen molar-refractivity contribution in [3.63, 3.8) is 0 Å². The van der Waals surface area contributed by atoms with E-state index in [-0.39, 0.29) is 0 Å². The predicted molar refractivity (Wildman–Crippen MR) is 37.2 cm³/mol. The molecule has 0 amide bonds. The van der Waals surface area contributed by atoms with Crippen LogP contribution in [0.1, 0.15) is 0 Å². The zero-order valence-electron chi connectivity index (χ0n) is 6.29. The number of aliphatic hydroxyl groups excluding tert-OH is 5. The fourth-order valence-corrected chi connectivity index (χ4v) is 0.577. The molecule has 0 rings (SSSR count).